The van der Waals surface area contributed by atoms with Crippen molar-refractivity contribution in [3.05, 3.63) is 64.7 Å². The Balaban J connectivity index is 1.49. The molecule has 2 saturated heterocycles. The molecule has 2 aromatic rings. The fraction of sp³-hybridized carbons (Fsp3) is 0.440. The third-order valence-corrected chi connectivity index (χ3v) is 8.84. The van der Waals surface area contributed by atoms with Gasteiger partial charge in [-0.1, -0.05) is 29.3 Å². The summed E-state index contributed by atoms with van der Waals surface area (Å²) in [6.45, 7) is 3.89. The molecule has 2 aliphatic rings. The van der Waals surface area contributed by atoms with E-state index in [0.717, 1.165) is 18.4 Å². The second-order valence-electron chi connectivity index (χ2n) is 9.05. The second kappa shape index (κ2) is 10.5. The highest BCUT2D eigenvalue weighted by Gasteiger charge is 2.38. The van der Waals surface area contributed by atoms with E-state index in [1.54, 1.807) is 24.3 Å². The van der Waals surface area contributed by atoms with E-state index < -0.39 is 16.1 Å². The van der Waals surface area contributed by atoms with Gasteiger partial charge in [0.15, 0.2) is 0 Å². The topological polar surface area (TPSA) is 86.8 Å². The molecule has 2 aromatic carbocycles. The number of hydrogen-bond donors (Lipinski definition) is 1. The van der Waals surface area contributed by atoms with Crippen LogP contribution in [0, 0.1) is 12.8 Å². The lowest BCUT2D eigenvalue weighted by molar-refractivity contribution is -0.133. The minimum Gasteiger partial charge on any atom is -0.341 e. The van der Waals surface area contributed by atoms with Gasteiger partial charge in [-0.3, -0.25) is 9.59 Å². The fourth-order valence-corrected chi connectivity index (χ4v) is 6.33. The Hall–Kier alpha value is -2.42. The number of carbonyl (C=O) groups is 2. The van der Waals surface area contributed by atoms with Crippen molar-refractivity contribution < 1.29 is 18.0 Å². The molecule has 0 aromatic heterocycles. The molecule has 9 heteroatoms. The lowest BCUT2D eigenvalue weighted by Gasteiger charge is -2.36. The number of hydrogen-bond acceptors (Lipinski definition) is 4. The molecule has 182 valence electrons. The Kier molecular flexibility index (Phi) is 7.60. The average molecular weight is 504 g/mol. The fourth-order valence-electron chi connectivity index (χ4n) is 4.73. The molecule has 7 nitrogen and oxygen atoms in total. The van der Waals surface area contributed by atoms with E-state index in [9.17, 15) is 18.0 Å². The molecule has 2 amide bonds. The van der Waals surface area contributed by atoms with Crippen LogP contribution >= 0.6 is 11.6 Å². The minimum absolute atomic E-state index is 0.0717. The molecule has 0 spiro atoms. The van der Waals surface area contributed by atoms with Gasteiger partial charge in [0.05, 0.1) is 4.90 Å². The maximum Gasteiger partial charge on any atom is 0.251 e. The van der Waals surface area contributed by atoms with Gasteiger partial charge in [0, 0.05) is 36.8 Å². The molecule has 0 radical (unpaired) electrons. The highest BCUT2D eigenvalue weighted by atomic mass is 35.5. The van der Waals surface area contributed by atoms with Crippen molar-refractivity contribution in [1.29, 1.82) is 0 Å². The summed E-state index contributed by atoms with van der Waals surface area (Å²) in [4.78, 5) is 28.4. The Morgan fingerprint density at radius 2 is 1.65 bits per heavy atom. The summed E-state index contributed by atoms with van der Waals surface area (Å²) < 4.78 is 27.6. The van der Waals surface area contributed by atoms with E-state index in [1.165, 1.54) is 16.4 Å². The molecular formula is C25H30ClN3O4S. The van der Waals surface area contributed by atoms with E-state index in [4.69, 9.17) is 11.6 Å². The predicted molar refractivity (Wildman–Crippen MR) is 131 cm³/mol. The van der Waals surface area contributed by atoms with Crippen molar-refractivity contribution in [3.63, 3.8) is 0 Å². The number of aryl methyl sites for hydroxylation is 1. The Bertz CT molecular complexity index is 1140. The molecule has 0 unspecified atom stereocenters. The van der Waals surface area contributed by atoms with Crippen molar-refractivity contribution in [1.82, 2.24) is 14.5 Å². The van der Waals surface area contributed by atoms with Crippen LogP contribution in [0.25, 0.3) is 0 Å². The summed E-state index contributed by atoms with van der Waals surface area (Å²) in [6, 6.07) is 12.7. The molecule has 0 bridgehead atoms. The first kappa shape index (κ1) is 24.7. The lowest BCUT2D eigenvalue weighted by atomic mass is 9.89. The van der Waals surface area contributed by atoms with Crippen LogP contribution in [0.1, 0.15) is 41.6 Å². The molecule has 2 heterocycles. The number of likely N-dealkylation sites (tertiary alicyclic amines) is 1. The van der Waals surface area contributed by atoms with E-state index in [1.807, 2.05) is 24.0 Å². The number of carbonyl (C=O) groups excluding carboxylic acids is 2. The number of amides is 2. The van der Waals surface area contributed by atoms with E-state index in [-0.39, 0.29) is 22.6 Å². The standard InChI is InChI=1S/C25H30ClN3O4S/c1-18-5-4-6-20(17-18)24(30)27-23(25(31)28-13-2-3-14-28)19-11-15-29(16-12-19)34(32,33)22-9-7-21(26)8-10-22/h4-10,17,19,23H,2-3,11-16H2,1H3,(H,27,30)/t23-/m0/s1. The third kappa shape index (κ3) is 5.45. The zero-order valence-electron chi connectivity index (χ0n) is 19.2. The summed E-state index contributed by atoms with van der Waals surface area (Å²) in [5, 5.41) is 3.46. The zero-order valence-corrected chi connectivity index (χ0v) is 20.8. The number of halogens is 1. The van der Waals surface area contributed by atoms with Crippen LogP contribution < -0.4 is 5.32 Å². The van der Waals surface area contributed by atoms with E-state index in [0.29, 0.717) is 49.6 Å². The van der Waals surface area contributed by atoms with Gasteiger partial charge in [-0.05, 0) is 74.9 Å². The number of nitrogens with one attached hydrogen (secondary N) is 1. The first-order chi connectivity index (χ1) is 16.3. The Morgan fingerprint density at radius 1 is 1.00 bits per heavy atom. The van der Waals surface area contributed by atoms with Gasteiger partial charge in [0.25, 0.3) is 5.91 Å². The first-order valence-electron chi connectivity index (χ1n) is 11.7. The highest BCUT2D eigenvalue weighted by molar-refractivity contribution is 7.89. The number of benzene rings is 2. The second-order valence-corrected chi connectivity index (χ2v) is 11.4. The molecule has 34 heavy (non-hydrogen) atoms. The summed E-state index contributed by atoms with van der Waals surface area (Å²) in [7, 11) is -3.64. The molecule has 0 saturated carbocycles. The van der Waals surface area contributed by atoms with Crippen LogP contribution in [-0.4, -0.2) is 61.7 Å². The number of rotatable bonds is 6. The van der Waals surface area contributed by atoms with Crippen molar-refractivity contribution in [2.24, 2.45) is 5.92 Å². The molecular weight excluding hydrogens is 474 g/mol. The SMILES string of the molecule is Cc1cccc(C(=O)N[C@H](C(=O)N2CCCC2)C2CCN(S(=O)(=O)c3ccc(Cl)cc3)CC2)c1. The van der Waals surface area contributed by atoms with Gasteiger partial charge in [-0.25, -0.2) is 8.42 Å². The van der Waals surface area contributed by atoms with E-state index in [2.05, 4.69) is 5.32 Å². The van der Waals surface area contributed by atoms with Crippen LogP contribution in [-0.2, 0) is 14.8 Å². The number of piperidine rings is 1. The molecule has 2 fully saturated rings. The average Bonchev–Trinajstić information content (AvgIpc) is 3.37. The van der Waals surface area contributed by atoms with E-state index >= 15 is 0 Å². The molecule has 1 atom stereocenters. The third-order valence-electron chi connectivity index (χ3n) is 6.67. The van der Waals surface area contributed by atoms with Crippen molar-refractivity contribution in [2.45, 2.75) is 43.5 Å². The van der Waals surface area contributed by atoms with Crippen molar-refractivity contribution in [3.8, 4) is 0 Å². The van der Waals surface area contributed by atoms with Crippen LogP contribution in [0.5, 0.6) is 0 Å². The van der Waals surface area contributed by atoms with Gasteiger partial charge in [-0.2, -0.15) is 4.31 Å². The summed E-state index contributed by atoms with van der Waals surface area (Å²) >= 11 is 5.90. The van der Waals surface area contributed by atoms with Crippen LogP contribution in [0.2, 0.25) is 5.02 Å². The molecule has 2 aliphatic heterocycles. The predicted octanol–water partition coefficient (Wildman–Crippen LogP) is 3.47. The van der Waals surface area contributed by atoms with Gasteiger partial charge in [0.1, 0.15) is 6.04 Å². The Morgan fingerprint density at radius 3 is 2.26 bits per heavy atom. The normalized spacial score (nSPS) is 18.6. The molecule has 4 rings (SSSR count). The van der Waals surface area contributed by atoms with Gasteiger partial charge < -0.3 is 10.2 Å². The van der Waals surface area contributed by atoms with Gasteiger partial charge in [-0.15, -0.1) is 0 Å². The Labute approximate surface area is 206 Å². The quantitative estimate of drug-likeness (QED) is 0.654. The molecule has 0 aliphatic carbocycles. The van der Waals surface area contributed by atoms with Crippen LogP contribution in [0.4, 0.5) is 0 Å². The lowest BCUT2D eigenvalue weighted by Crippen LogP contribution is -2.54. The zero-order chi connectivity index (χ0) is 24.3. The summed E-state index contributed by atoms with van der Waals surface area (Å²) in [5.41, 5.74) is 1.48. The first-order valence-corrected chi connectivity index (χ1v) is 13.5. The maximum atomic E-state index is 13.4. The maximum absolute atomic E-state index is 13.4. The van der Waals surface area contributed by atoms with Crippen molar-refractivity contribution >= 4 is 33.4 Å². The largest absolute Gasteiger partial charge is 0.341 e. The van der Waals surface area contributed by atoms with Crippen molar-refractivity contribution in [2.75, 3.05) is 26.2 Å². The molecule has 1 N–H and O–H groups in total. The summed E-state index contributed by atoms with van der Waals surface area (Å²) in [5.74, 6) is -0.492. The van der Waals surface area contributed by atoms with Crippen LogP contribution in [0.3, 0.4) is 0 Å². The highest BCUT2D eigenvalue weighted by Crippen LogP contribution is 2.28. The van der Waals surface area contributed by atoms with Gasteiger partial charge >= 0.3 is 0 Å². The van der Waals surface area contributed by atoms with Crippen LogP contribution in [0.15, 0.2) is 53.4 Å². The number of nitrogens with zero attached hydrogens (tertiary/aromatic N) is 2. The smallest absolute Gasteiger partial charge is 0.251 e. The monoisotopic (exact) mass is 503 g/mol. The number of sulfonamides is 1. The summed E-state index contributed by atoms with van der Waals surface area (Å²) in [6.07, 6.45) is 2.90. The minimum atomic E-state index is -3.64. The van der Waals surface area contributed by atoms with Gasteiger partial charge in [0.2, 0.25) is 15.9 Å².